The number of hydrogen-bond donors (Lipinski definition) is 3. The molecule has 3 N–H and O–H groups in total. The monoisotopic (exact) mass is 511 g/mol. The van der Waals surface area contributed by atoms with Crippen LogP contribution < -0.4 is 10.0 Å². The van der Waals surface area contributed by atoms with Crippen LogP contribution in [0.2, 0.25) is 0 Å². The molecule has 0 aromatic heterocycles. The first-order chi connectivity index (χ1) is 16.6. The van der Waals surface area contributed by atoms with Gasteiger partial charge in [0.25, 0.3) is 10.0 Å². The summed E-state index contributed by atoms with van der Waals surface area (Å²) < 4.78 is 68.4. The molecular formula is C24H28F3N3O4S. The summed E-state index contributed by atoms with van der Waals surface area (Å²) in [6.45, 7) is 1.42. The maximum absolute atomic E-state index is 15.6. The minimum Gasteiger partial charge on any atom is -0.394 e. The number of nitrogens with zero attached hydrogens (tertiary/aromatic N) is 1. The van der Waals surface area contributed by atoms with Crippen molar-refractivity contribution >= 4 is 16.1 Å². The Morgan fingerprint density at radius 1 is 1.17 bits per heavy atom. The Kier molecular flexibility index (Phi) is 7.12. The molecule has 2 amide bonds. The van der Waals surface area contributed by atoms with E-state index in [0.29, 0.717) is 24.0 Å². The molecule has 1 aliphatic carbocycles. The first kappa shape index (κ1) is 25.5. The maximum Gasteiger partial charge on any atom is 0.350 e. The second kappa shape index (κ2) is 9.79. The summed E-state index contributed by atoms with van der Waals surface area (Å²) in [6, 6.07) is 10.7. The van der Waals surface area contributed by atoms with Gasteiger partial charge < -0.3 is 15.3 Å². The molecule has 1 spiro atoms. The van der Waals surface area contributed by atoms with Crippen LogP contribution in [0, 0.1) is 11.2 Å². The van der Waals surface area contributed by atoms with Gasteiger partial charge in [0.05, 0.1) is 24.7 Å². The number of sulfonamides is 1. The highest BCUT2D eigenvalue weighted by Gasteiger charge is 2.61. The van der Waals surface area contributed by atoms with Gasteiger partial charge in [-0.25, -0.2) is 22.3 Å². The van der Waals surface area contributed by atoms with Gasteiger partial charge in [0.15, 0.2) is 0 Å². The first-order valence-corrected chi connectivity index (χ1v) is 12.9. The number of nitrogens with one attached hydrogen (secondary N) is 2. The van der Waals surface area contributed by atoms with Crippen molar-refractivity contribution in [3.63, 3.8) is 0 Å². The Labute approximate surface area is 202 Å². The molecule has 2 fully saturated rings. The lowest BCUT2D eigenvalue weighted by Gasteiger charge is -2.30. The summed E-state index contributed by atoms with van der Waals surface area (Å²) in [4.78, 5) is 14.4. The van der Waals surface area contributed by atoms with Crippen molar-refractivity contribution < 1.29 is 31.5 Å². The summed E-state index contributed by atoms with van der Waals surface area (Å²) in [6.07, 6.45) is 1.02. The number of benzene rings is 2. The third-order valence-corrected chi connectivity index (χ3v) is 7.90. The molecule has 35 heavy (non-hydrogen) atoms. The number of aliphatic hydroxyl groups excluding tert-OH is 1. The minimum absolute atomic E-state index is 0.0778. The molecule has 1 saturated heterocycles. The average Bonchev–Trinajstić information content (AvgIpc) is 3.55. The highest BCUT2D eigenvalue weighted by Crippen LogP contribution is 2.55. The van der Waals surface area contributed by atoms with Crippen molar-refractivity contribution in [2.75, 3.05) is 13.2 Å². The Morgan fingerprint density at radius 3 is 2.46 bits per heavy atom. The molecule has 1 heterocycles. The van der Waals surface area contributed by atoms with Crippen LogP contribution in [0.15, 0.2) is 48.5 Å². The van der Waals surface area contributed by atoms with Crippen molar-refractivity contribution in [3.8, 4) is 11.1 Å². The fraction of sp³-hybridized carbons (Fsp3) is 0.458. The van der Waals surface area contributed by atoms with Gasteiger partial charge in [-0.1, -0.05) is 48.5 Å². The molecule has 0 bridgehead atoms. The number of rotatable bonds is 8. The number of aliphatic hydroxyl groups is 1. The zero-order valence-corrected chi connectivity index (χ0v) is 19.9. The Morgan fingerprint density at radius 2 is 1.86 bits per heavy atom. The third kappa shape index (κ3) is 5.17. The van der Waals surface area contributed by atoms with Crippen molar-refractivity contribution in [1.82, 2.24) is 14.9 Å². The topological polar surface area (TPSA) is 98.7 Å². The number of carbonyl (C=O) groups excluding carboxylic acids is 1. The molecule has 0 unspecified atom stereocenters. The molecule has 1 aliphatic heterocycles. The highest BCUT2D eigenvalue weighted by atomic mass is 32.2. The molecule has 0 radical (unpaired) electrons. The molecule has 1 saturated carbocycles. The number of carbonyl (C=O) groups is 1. The van der Waals surface area contributed by atoms with Crippen molar-refractivity contribution in [3.05, 3.63) is 59.9 Å². The molecule has 11 heteroatoms. The Hall–Kier alpha value is -2.63. The summed E-state index contributed by atoms with van der Waals surface area (Å²) >= 11 is 0. The van der Waals surface area contributed by atoms with Gasteiger partial charge in [0.1, 0.15) is 5.82 Å². The van der Waals surface area contributed by atoms with E-state index in [1.165, 1.54) is 4.90 Å². The lowest BCUT2D eigenvalue weighted by Crippen LogP contribution is -2.53. The van der Waals surface area contributed by atoms with E-state index in [1.54, 1.807) is 49.4 Å². The minimum atomic E-state index is -4.95. The van der Waals surface area contributed by atoms with Gasteiger partial charge in [-0.3, -0.25) is 0 Å². The molecular weight excluding hydrogens is 483 g/mol. The van der Waals surface area contributed by atoms with Gasteiger partial charge in [-0.15, -0.1) is 0 Å². The van der Waals surface area contributed by atoms with Crippen molar-refractivity contribution in [2.45, 2.75) is 50.1 Å². The van der Waals surface area contributed by atoms with E-state index in [-0.39, 0.29) is 25.1 Å². The Bertz CT molecular complexity index is 1180. The normalized spacial score (nSPS) is 21.9. The molecule has 7 nitrogen and oxygen atoms in total. The van der Waals surface area contributed by atoms with Crippen molar-refractivity contribution in [1.29, 1.82) is 0 Å². The lowest BCUT2D eigenvalue weighted by atomic mass is 9.91. The van der Waals surface area contributed by atoms with E-state index in [4.69, 9.17) is 0 Å². The quantitative estimate of drug-likeness (QED) is 0.507. The Balaban J connectivity index is 1.71. The number of amides is 2. The highest BCUT2D eigenvalue weighted by molar-refractivity contribution is 7.89. The summed E-state index contributed by atoms with van der Waals surface area (Å²) in [5, 5.41) is 12.0. The molecule has 2 aromatic carbocycles. The fourth-order valence-corrected chi connectivity index (χ4v) is 5.66. The number of hydrogen-bond acceptors (Lipinski definition) is 4. The average molecular weight is 512 g/mol. The van der Waals surface area contributed by atoms with Crippen LogP contribution >= 0.6 is 0 Å². The largest absolute Gasteiger partial charge is 0.394 e. The van der Waals surface area contributed by atoms with Gasteiger partial charge in [-0.05, 0) is 37.3 Å². The van der Waals surface area contributed by atoms with E-state index in [9.17, 15) is 27.1 Å². The summed E-state index contributed by atoms with van der Waals surface area (Å²) in [7, 11) is -4.95. The van der Waals surface area contributed by atoms with Gasteiger partial charge in [0.2, 0.25) is 0 Å². The molecule has 2 aromatic rings. The molecule has 2 aliphatic rings. The maximum atomic E-state index is 15.6. The third-order valence-electron chi connectivity index (χ3n) is 6.85. The van der Waals surface area contributed by atoms with Crippen LogP contribution in [0.4, 0.5) is 18.0 Å². The number of alkyl halides is 2. The number of likely N-dealkylation sites (tertiary alicyclic amines) is 1. The van der Waals surface area contributed by atoms with Crippen LogP contribution in [0.1, 0.15) is 25.3 Å². The van der Waals surface area contributed by atoms with Gasteiger partial charge >= 0.3 is 11.8 Å². The SMILES string of the molecule is C[C@H](CO)NC(=O)N1CC2(CC2)[C@H](NS(=O)(=O)C(F)F)[C@@H]1Cc1cccc(-c2ccccc2)c1F. The van der Waals surface area contributed by atoms with E-state index < -0.39 is 51.2 Å². The first-order valence-electron chi connectivity index (χ1n) is 11.4. The van der Waals surface area contributed by atoms with Crippen LogP contribution in [0.25, 0.3) is 11.1 Å². The van der Waals surface area contributed by atoms with Crippen LogP contribution in [0.3, 0.4) is 0 Å². The van der Waals surface area contributed by atoms with E-state index >= 15 is 4.39 Å². The smallest absolute Gasteiger partial charge is 0.350 e. The van der Waals surface area contributed by atoms with Crippen LogP contribution in [0.5, 0.6) is 0 Å². The van der Waals surface area contributed by atoms with Gasteiger partial charge in [0, 0.05) is 17.5 Å². The standard InChI is InChI=1S/C24H28F3N3O4S/c1-15(13-31)28-23(32)30-14-24(10-11-24)21(29-35(33,34)22(26)27)19(30)12-17-8-5-9-18(20(17)25)16-6-3-2-4-7-16/h2-9,15,19,21-22,29,31H,10-14H2,1H3,(H,28,32)/t15-,19+,21-/m1/s1. The van der Waals surface area contributed by atoms with E-state index in [0.717, 1.165) is 0 Å². The zero-order valence-electron chi connectivity index (χ0n) is 19.1. The van der Waals surface area contributed by atoms with Crippen molar-refractivity contribution in [2.24, 2.45) is 5.41 Å². The zero-order chi connectivity index (χ0) is 25.4. The second-order valence-corrected chi connectivity index (χ2v) is 11.0. The summed E-state index contributed by atoms with van der Waals surface area (Å²) in [5.41, 5.74) is 0.540. The molecule has 3 atom stereocenters. The van der Waals surface area contributed by atoms with E-state index in [1.807, 2.05) is 6.07 Å². The summed E-state index contributed by atoms with van der Waals surface area (Å²) in [5.74, 6) is -4.15. The fourth-order valence-electron chi connectivity index (χ4n) is 4.80. The second-order valence-electron chi connectivity index (χ2n) is 9.34. The van der Waals surface area contributed by atoms with E-state index in [2.05, 4.69) is 10.0 Å². The number of urea groups is 1. The van der Waals surface area contributed by atoms with Crippen LogP contribution in [-0.4, -0.2) is 61.5 Å². The van der Waals surface area contributed by atoms with Crippen LogP contribution in [-0.2, 0) is 16.4 Å². The number of halogens is 3. The molecule has 4 rings (SSSR count). The molecule has 190 valence electrons. The lowest BCUT2D eigenvalue weighted by molar-refractivity contribution is 0.176. The predicted molar refractivity (Wildman–Crippen MR) is 125 cm³/mol. The predicted octanol–water partition coefficient (Wildman–Crippen LogP) is 3.10. The van der Waals surface area contributed by atoms with Gasteiger partial charge in [-0.2, -0.15) is 8.78 Å².